The molecule has 2 rings (SSSR count). The quantitative estimate of drug-likeness (QED) is 0.668. The van der Waals surface area contributed by atoms with Crippen LogP contribution in [0.1, 0.15) is 13.8 Å². The van der Waals surface area contributed by atoms with Gasteiger partial charge in [-0.2, -0.15) is 0 Å². The number of benzene rings is 1. The molecule has 0 amide bonds. The number of rotatable bonds is 5. The molecule has 0 bridgehead atoms. The van der Waals surface area contributed by atoms with Crippen molar-refractivity contribution >= 4 is 27.6 Å². The lowest BCUT2D eigenvalue weighted by Crippen LogP contribution is -2.07. The van der Waals surface area contributed by atoms with E-state index in [0.29, 0.717) is 28.4 Å². The van der Waals surface area contributed by atoms with Crippen molar-refractivity contribution in [3.8, 4) is 11.4 Å². The number of hydrogen-bond donors (Lipinski definition) is 1. The summed E-state index contributed by atoms with van der Waals surface area (Å²) in [5.74, 6) is 1.26. The molecule has 106 valence electrons. The monoisotopic (exact) mass is 339 g/mol. The van der Waals surface area contributed by atoms with Gasteiger partial charge in [-0.15, -0.1) is 10.2 Å². The SMILES string of the molecule is CCNc1nnc(-c2cc(Br)cc([N+](=O)[O-])c2)n1CC. The van der Waals surface area contributed by atoms with E-state index in [1.807, 2.05) is 18.4 Å². The number of nitrogens with zero attached hydrogens (tertiary/aromatic N) is 4. The van der Waals surface area contributed by atoms with Crippen molar-refractivity contribution in [2.45, 2.75) is 20.4 Å². The molecule has 0 aliphatic heterocycles. The summed E-state index contributed by atoms with van der Waals surface area (Å²) in [5.41, 5.74) is 0.676. The summed E-state index contributed by atoms with van der Waals surface area (Å²) in [6.07, 6.45) is 0. The van der Waals surface area contributed by atoms with E-state index in [-0.39, 0.29) is 5.69 Å². The topological polar surface area (TPSA) is 85.9 Å². The van der Waals surface area contributed by atoms with Crippen LogP contribution >= 0.6 is 15.9 Å². The Labute approximate surface area is 124 Å². The molecule has 0 saturated heterocycles. The number of halogens is 1. The molecule has 0 fully saturated rings. The van der Waals surface area contributed by atoms with Gasteiger partial charge in [-0.3, -0.25) is 14.7 Å². The normalized spacial score (nSPS) is 10.6. The summed E-state index contributed by atoms with van der Waals surface area (Å²) >= 11 is 3.29. The molecule has 20 heavy (non-hydrogen) atoms. The Morgan fingerprint density at radius 2 is 2.10 bits per heavy atom. The first-order valence-electron chi connectivity index (χ1n) is 6.19. The van der Waals surface area contributed by atoms with Crippen LogP contribution in [0.5, 0.6) is 0 Å². The van der Waals surface area contributed by atoms with E-state index in [1.54, 1.807) is 6.07 Å². The van der Waals surface area contributed by atoms with Crippen LogP contribution < -0.4 is 5.32 Å². The second kappa shape index (κ2) is 6.00. The summed E-state index contributed by atoms with van der Waals surface area (Å²) < 4.78 is 2.52. The molecule has 0 aliphatic rings. The van der Waals surface area contributed by atoms with Gasteiger partial charge >= 0.3 is 0 Å². The first kappa shape index (κ1) is 14.4. The molecule has 0 unspecified atom stereocenters. The molecule has 0 spiro atoms. The van der Waals surface area contributed by atoms with Gasteiger partial charge in [0, 0.05) is 35.3 Å². The molecule has 8 heteroatoms. The average molecular weight is 340 g/mol. The van der Waals surface area contributed by atoms with Crippen LogP contribution in [-0.2, 0) is 6.54 Å². The van der Waals surface area contributed by atoms with Crippen molar-refractivity contribution < 1.29 is 4.92 Å². The number of nitro benzene ring substituents is 1. The summed E-state index contributed by atoms with van der Waals surface area (Å²) in [5, 5.41) is 22.2. The molecule has 7 nitrogen and oxygen atoms in total. The fourth-order valence-corrected chi connectivity index (χ4v) is 2.39. The van der Waals surface area contributed by atoms with Gasteiger partial charge in [0.25, 0.3) is 5.69 Å². The Hall–Kier alpha value is -1.96. The second-order valence-corrected chi connectivity index (χ2v) is 4.99. The minimum Gasteiger partial charge on any atom is -0.355 e. The van der Waals surface area contributed by atoms with Crippen LogP contribution in [0.3, 0.4) is 0 Å². The number of non-ortho nitro benzene ring substituents is 1. The van der Waals surface area contributed by atoms with Crippen LogP contribution in [0.25, 0.3) is 11.4 Å². The van der Waals surface area contributed by atoms with Crippen LogP contribution in [0.2, 0.25) is 0 Å². The fraction of sp³-hybridized carbons (Fsp3) is 0.333. The number of anilines is 1. The number of nitro groups is 1. The van der Waals surface area contributed by atoms with Gasteiger partial charge in [-0.05, 0) is 19.9 Å². The average Bonchev–Trinajstić information content (AvgIpc) is 2.81. The van der Waals surface area contributed by atoms with E-state index < -0.39 is 4.92 Å². The zero-order valence-corrected chi connectivity index (χ0v) is 12.7. The minimum atomic E-state index is -0.424. The summed E-state index contributed by atoms with van der Waals surface area (Å²) in [6.45, 7) is 5.35. The molecule has 1 N–H and O–H groups in total. The van der Waals surface area contributed by atoms with E-state index in [2.05, 4.69) is 31.4 Å². The van der Waals surface area contributed by atoms with Crippen LogP contribution in [0, 0.1) is 10.1 Å². The molecule has 2 aromatic rings. The minimum absolute atomic E-state index is 0.0185. The summed E-state index contributed by atoms with van der Waals surface area (Å²) in [6, 6.07) is 4.75. The molecule has 1 heterocycles. The summed E-state index contributed by atoms with van der Waals surface area (Å²) in [7, 11) is 0. The Bertz CT molecular complexity index is 641. The molecular weight excluding hydrogens is 326 g/mol. The first-order valence-corrected chi connectivity index (χ1v) is 6.98. The maximum atomic E-state index is 10.9. The molecule has 0 radical (unpaired) electrons. The Balaban J connectivity index is 2.53. The van der Waals surface area contributed by atoms with Gasteiger partial charge in [0.15, 0.2) is 5.82 Å². The maximum Gasteiger partial charge on any atom is 0.271 e. The van der Waals surface area contributed by atoms with Crippen molar-refractivity contribution in [1.82, 2.24) is 14.8 Å². The van der Waals surface area contributed by atoms with E-state index in [4.69, 9.17) is 0 Å². The highest BCUT2D eigenvalue weighted by Crippen LogP contribution is 2.28. The standard InChI is InChI=1S/C12H14BrN5O2/c1-3-14-12-16-15-11(17(12)4-2)8-5-9(13)7-10(6-8)18(19)20/h5-7H,3-4H2,1-2H3,(H,14,16). The fourth-order valence-electron chi connectivity index (χ4n) is 1.91. The highest BCUT2D eigenvalue weighted by molar-refractivity contribution is 9.10. The lowest BCUT2D eigenvalue weighted by Gasteiger charge is -2.08. The number of nitrogens with one attached hydrogen (secondary N) is 1. The smallest absolute Gasteiger partial charge is 0.271 e. The van der Waals surface area contributed by atoms with Gasteiger partial charge in [-0.1, -0.05) is 15.9 Å². The molecule has 0 saturated carbocycles. The van der Waals surface area contributed by atoms with Gasteiger partial charge < -0.3 is 5.32 Å². The van der Waals surface area contributed by atoms with Crippen LogP contribution in [-0.4, -0.2) is 26.2 Å². The van der Waals surface area contributed by atoms with E-state index in [0.717, 1.165) is 6.54 Å². The van der Waals surface area contributed by atoms with E-state index in [1.165, 1.54) is 12.1 Å². The highest BCUT2D eigenvalue weighted by Gasteiger charge is 2.16. The van der Waals surface area contributed by atoms with Crippen LogP contribution in [0.4, 0.5) is 11.6 Å². The zero-order chi connectivity index (χ0) is 14.7. The Morgan fingerprint density at radius 3 is 2.70 bits per heavy atom. The third kappa shape index (κ3) is 2.79. The lowest BCUT2D eigenvalue weighted by molar-refractivity contribution is -0.384. The lowest BCUT2D eigenvalue weighted by atomic mass is 10.2. The predicted octanol–water partition coefficient (Wildman–Crippen LogP) is 3.07. The number of aromatic nitrogens is 3. The highest BCUT2D eigenvalue weighted by atomic mass is 79.9. The molecule has 0 aliphatic carbocycles. The Morgan fingerprint density at radius 1 is 1.35 bits per heavy atom. The molecule has 1 aromatic heterocycles. The van der Waals surface area contributed by atoms with E-state index in [9.17, 15) is 10.1 Å². The molecule has 1 aromatic carbocycles. The van der Waals surface area contributed by atoms with Crippen LogP contribution in [0.15, 0.2) is 22.7 Å². The third-order valence-corrected chi connectivity index (χ3v) is 3.21. The first-order chi connectivity index (χ1) is 9.56. The largest absolute Gasteiger partial charge is 0.355 e. The summed E-state index contributed by atoms with van der Waals surface area (Å²) in [4.78, 5) is 10.5. The van der Waals surface area contributed by atoms with Crippen molar-refractivity contribution in [3.05, 3.63) is 32.8 Å². The van der Waals surface area contributed by atoms with Crippen molar-refractivity contribution in [3.63, 3.8) is 0 Å². The van der Waals surface area contributed by atoms with Crippen molar-refractivity contribution in [2.24, 2.45) is 0 Å². The maximum absolute atomic E-state index is 10.9. The van der Waals surface area contributed by atoms with Crippen molar-refractivity contribution in [2.75, 3.05) is 11.9 Å². The van der Waals surface area contributed by atoms with Gasteiger partial charge in [0.2, 0.25) is 5.95 Å². The second-order valence-electron chi connectivity index (χ2n) is 4.08. The van der Waals surface area contributed by atoms with Gasteiger partial charge in [0.1, 0.15) is 0 Å². The third-order valence-electron chi connectivity index (χ3n) is 2.75. The Kier molecular flexibility index (Phi) is 4.33. The number of hydrogen-bond acceptors (Lipinski definition) is 5. The molecular formula is C12H14BrN5O2. The predicted molar refractivity (Wildman–Crippen MR) is 79.7 cm³/mol. The zero-order valence-electron chi connectivity index (χ0n) is 11.1. The molecule has 0 atom stereocenters. The van der Waals surface area contributed by atoms with Gasteiger partial charge in [0.05, 0.1) is 4.92 Å². The van der Waals surface area contributed by atoms with Gasteiger partial charge in [-0.25, -0.2) is 0 Å². The van der Waals surface area contributed by atoms with E-state index >= 15 is 0 Å². The van der Waals surface area contributed by atoms with Crippen molar-refractivity contribution in [1.29, 1.82) is 0 Å².